The van der Waals surface area contributed by atoms with E-state index in [4.69, 9.17) is 16.3 Å². The van der Waals surface area contributed by atoms with Crippen LogP contribution in [0, 0.1) is 0 Å². The van der Waals surface area contributed by atoms with Crippen molar-refractivity contribution < 1.29 is 9.84 Å². The number of aromatic nitrogens is 5. The molecule has 1 N–H and O–H groups in total. The van der Waals surface area contributed by atoms with E-state index in [-0.39, 0.29) is 13.2 Å². The summed E-state index contributed by atoms with van der Waals surface area (Å²) in [7, 11) is 0. The molecular formula is C15H14ClN5O2. The van der Waals surface area contributed by atoms with Crippen LogP contribution in [-0.4, -0.2) is 43.0 Å². The first-order chi connectivity index (χ1) is 11.2. The first kappa shape index (κ1) is 15.4. The molecule has 1 unspecified atom stereocenters. The predicted molar refractivity (Wildman–Crippen MR) is 84.0 cm³/mol. The monoisotopic (exact) mass is 331 g/mol. The van der Waals surface area contributed by atoms with Crippen LogP contribution in [0.2, 0.25) is 5.02 Å². The number of benzene rings is 1. The third-order valence-electron chi connectivity index (χ3n) is 3.07. The molecule has 0 aliphatic heterocycles. The van der Waals surface area contributed by atoms with E-state index in [1.807, 2.05) is 12.1 Å². The van der Waals surface area contributed by atoms with E-state index in [2.05, 4.69) is 20.5 Å². The largest absolute Gasteiger partial charge is 0.491 e. The number of pyridine rings is 1. The number of hydrogen-bond donors (Lipinski definition) is 1. The average Bonchev–Trinajstić information content (AvgIpc) is 3.03. The summed E-state index contributed by atoms with van der Waals surface area (Å²) in [6.07, 6.45) is 0.894. The van der Waals surface area contributed by atoms with Crippen LogP contribution in [0.25, 0.3) is 11.5 Å². The van der Waals surface area contributed by atoms with Crippen molar-refractivity contribution in [1.29, 1.82) is 0 Å². The number of aliphatic hydroxyl groups excluding tert-OH is 1. The van der Waals surface area contributed by atoms with Gasteiger partial charge in [-0.1, -0.05) is 17.7 Å². The van der Waals surface area contributed by atoms with Crippen LogP contribution >= 0.6 is 11.6 Å². The van der Waals surface area contributed by atoms with Crippen LogP contribution in [0.1, 0.15) is 0 Å². The maximum absolute atomic E-state index is 10.1. The molecule has 0 radical (unpaired) electrons. The third-order valence-corrected chi connectivity index (χ3v) is 3.32. The van der Waals surface area contributed by atoms with E-state index in [1.165, 1.54) is 4.68 Å². The standard InChI is InChI=1S/C15H14ClN5O2/c16-11-4-6-13(7-5-11)23-10-12(22)9-21-15(18-19-20-21)14-3-1-2-8-17-14/h1-8,12,22H,9-10H2. The first-order valence-corrected chi connectivity index (χ1v) is 7.34. The van der Waals surface area contributed by atoms with Gasteiger partial charge >= 0.3 is 0 Å². The molecule has 23 heavy (non-hydrogen) atoms. The van der Waals surface area contributed by atoms with E-state index in [9.17, 15) is 5.11 Å². The second-order valence-electron chi connectivity index (χ2n) is 4.82. The van der Waals surface area contributed by atoms with Gasteiger partial charge in [-0.3, -0.25) is 4.98 Å². The van der Waals surface area contributed by atoms with Crippen LogP contribution in [0.5, 0.6) is 5.75 Å². The van der Waals surface area contributed by atoms with Crippen LogP contribution in [-0.2, 0) is 6.54 Å². The summed E-state index contributed by atoms with van der Waals surface area (Å²) in [5.41, 5.74) is 0.642. The summed E-state index contributed by atoms with van der Waals surface area (Å²) in [6, 6.07) is 12.4. The van der Waals surface area contributed by atoms with Gasteiger partial charge in [-0.05, 0) is 46.8 Å². The summed E-state index contributed by atoms with van der Waals surface area (Å²) >= 11 is 5.81. The van der Waals surface area contributed by atoms with E-state index in [0.717, 1.165) is 0 Å². The average molecular weight is 332 g/mol. The van der Waals surface area contributed by atoms with Gasteiger partial charge in [0.2, 0.25) is 5.82 Å². The van der Waals surface area contributed by atoms with Crippen molar-refractivity contribution in [2.24, 2.45) is 0 Å². The highest BCUT2D eigenvalue weighted by Gasteiger charge is 2.14. The Morgan fingerprint density at radius 3 is 2.74 bits per heavy atom. The van der Waals surface area contributed by atoms with Gasteiger partial charge < -0.3 is 9.84 Å². The molecule has 1 aromatic carbocycles. The van der Waals surface area contributed by atoms with Gasteiger partial charge in [0.25, 0.3) is 0 Å². The Labute approximate surface area is 137 Å². The fourth-order valence-electron chi connectivity index (χ4n) is 1.98. The Morgan fingerprint density at radius 1 is 1.17 bits per heavy atom. The molecule has 0 bridgehead atoms. The summed E-state index contributed by atoms with van der Waals surface area (Å²) in [6.45, 7) is 0.315. The van der Waals surface area contributed by atoms with Crippen molar-refractivity contribution >= 4 is 11.6 Å². The normalized spacial score (nSPS) is 12.1. The molecule has 0 aliphatic rings. The minimum atomic E-state index is -0.767. The maximum atomic E-state index is 10.1. The second kappa shape index (κ2) is 7.17. The van der Waals surface area contributed by atoms with Crippen molar-refractivity contribution in [1.82, 2.24) is 25.2 Å². The molecule has 8 heteroatoms. The molecule has 0 saturated heterocycles. The van der Waals surface area contributed by atoms with Gasteiger partial charge in [-0.2, -0.15) is 0 Å². The van der Waals surface area contributed by atoms with Gasteiger partial charge in [-0.15, -0.1) is 5.10 Å². The zero-order valence-corrected chi connectivity index (χ0v) is 12.8. The number of ether oxygens (including phenoxy) is 1. The Balaban J connectivity index is 1.61. The highest BCUT2D eigenvalue weighted by molar-refractivity contribution is 6.30. The lowest BCUT2D eigenvalue weighted by Gasteiger charge is -2.13. The van der Waals surface area contributed by atoms with Gasteiger partial charge in [0.15, 0.2) is 0 Å². The van der Waals surface area contributed by atoms with Crippen molar-refractivity contribution in [2.75, 3.05) is 6.61 Å². The lowest BCUT2D eigenvalue weighted by Crippen LogP contribution is -2.24. The lowest BCUT2D eigenvalue weighted by atomic mass is 10.3. The number of hydrogen-bond acceptors (Lipinski definition) is 6. The zero-order chi connectivity index (χ0) is 16.1. The third kappa shape index (κ3) is 4.02. The van der Waals surface area contributed by atoms with Gasteiger partial charge in [0.1, 0.15) is 24.2 Å². The fraction of sp³-hybridized carbons (Fsp3) is 0.200. The topological polar surface area (TPSA) is 86.0 Å². The van der Waals surface area contributed by atoms with Gasteiger partial charge in [0, 0.05) is 11.2 Å². The molecule has 2 aromatic heterocycles. The van der Waals surface area contributed by atoms with Crippen LogP contribution in [0.3, 0.4) is 0 Å². The predicted octanol–water partition coefficient (Wildman–Crippen LogP) is 1.83. The number of aliphatic hydroxyl groups is 1. The van der Waals surface area contributed by atoms with Crippen LogP contribution < -0.4 is 4.74 Å². The smallest absolute Gasteiger partial charge is 0.200 e. The SMILES string of the molecule is OC(COc1ccc(Cl)cc1)Cn1nnnc1-c1ccccn1. The van der Waals surface area contributed by atoms with E-state index in [1.54, 1.807) is 36.5 Å². The molecular weight excluding hydrogens is 318 g/mol. The minimum Gasteiger partial charge on any atom is -0.491 e. The number of halogens is 1. The quantitative estimate of drug-likeness (QED) is 0.741. The second-order valence-corrected chi connectivity index (χ2v) is 5.25. The van der Waals surface area contributed by atoms with Crippen LogP contribution in [0.15, 0.2) is 48.7 Å². The van der Waals surface area contributed by atoms with Crippen molar-refractivity contribution in [2.45, 2.75) is 12.6 Å². The Morgan fingerprint density at radius 2 is 2.00 bits per heavy atom. The minimum absolute atomic E-state index is 0.114. The number of nitrogens with zero attached hydrogens (tertiary/aromatic N) is 5. The molecule has 0 aliphatic carbocycles. The van der Waals surface area contributed by atoms with E-state index >= 15 is 0 Å². The molecule has 0 saturated carbocycles. The van der Waals surface area contributed by atoms with Crippen molar-refractivity contribution in [3.63, 3.8) is 0 Å². The highest BCUT2D eigenvalue weighted by Crippen LogP contribution is 2.16. The van der Waals surface area contributed by atoms with Gasteiger partial charge in [0.05, 0.1) is 6.54 Å². The van der Waals surface area contributed by atoms with E-state index in [0.29, 0.717) is 22.3 Å². The van der Waals surface area contributed by atoms with Gasteiger partial charge in [-0.25, -0.2) is 4.68 Å². The molecule has 118 valence electrons. The number of rotatable bonds is 6. The summed E-state index contributed by atoms with van der Waals surface area (Å²) in [5.74, 6) is 1.13. The zero-order valence-electron chi connectivity index (χ0n) is 12.1. The van der Waals surface area contributed by atoms with E-state index < -0.39 is 6.10 Å². The summed E-state index contributed by atoms with van der Waals surface area (Å²) in [4.78, 5) is 4.20. The molecule has 7 nitrogen and oxygen atoms in total. The molecule has 1 atom stereocenters. The molecule has 3 rings (SSSR count). The Kier molecular flexibility index (Phi) is 4.80. The molecule has 0 amide bonds. The Hall–Kier alpha value is -2.51. The molecule has 0 fully saturated rings. The molecule has 0 spiro atoms. The molecule has 3 aromatic rings. The summed E-state index contributed by atoms with van der Waals surface area (Å²) in [5, 5.41) is 22.2. The highest BCUT2D eigenvalue weighted by atomic mass is 35.5. The Bertz CT molecular complexity index is 748. The maximum Gasteiger partial charge on any atom is 0.200 e. The molecule has 2 heterocycles. The lowest BCUT2D eigenvalue weighted by molar-refractivity contribution is 0.0892. The van der Waals surface area contributed by atoms with Crippen molar-refractivity contribution in [3.8, 4) is 17.3 Å². The first-order valence-electron chi connectivity index (χ1n) is 6.96. The summed E-state index contributed by atoms with van der Waals surface area (Å²) < 4.78 is 7.01. The number of tetrazole rings is 1. The fourth-order valence-corrected chi connectivity index (χ4v) is 2.11. The van der Waals surface area contributed by atoms with Crippen molar-refractivity contribution in [3.05, 3.63) is 53.7 Å². The van der Waals surface area contributed by atoms with Crippen LogP contribution in [0.4, 0.5) is 0 Å².